The molecule has 7 heteroatoms. The highest BCUT2D eigenvalue weighted by atomic mass is 35.5. The summed E-state index contributed by atoms with van der Waals surface area (Å²) >= 11 is 7.21. The summed E-state index contributed by atoms with van der Waals surface area (Å²) in [7, 11) is 0. The Balaban J connectivity index is 2.15. The van der Waals surface area contributed by atoms with Gasteiger partial charge in [-0.15, -0.1) is 11.8 Å². The van der Waals surface area contributed by atoms with Crippen LogP contribution in [0.2, 0.25) is 5.02 Å². The zero-order chi connectivity index (χ0) is 13.8. The van der Waals surface area contributed by atoms with Gasteiger partial charge in [0.1, 0.15) is 5.82 Å². The maximum Gasteiger partial charge on any atom is 0.274 e. The molecule has 0 radical (unpaired) electrons. The van der Waals surface area contributed by atoms with Gasteiger partial charge in [-0.1, -0.05) is 11.6 Å². The van der Waals surface area contributed by atoms with Crippen LogP contribution in [0.1, 0.15) is 5.56 Å². The first-order valence-electron chi connectivity index (χ1n) is 5.33. The van der Waals surface area contributed by atoms with Crippen LogP contribution >= 0.6 is 23.4 Å². The highest BCUT2D eigenvalue weighted by molar-refractivity contribution is 7.98. The first-order chi connectivity index (χ1) is 9.06. The van der Waals surface area contributed by atoms with Gasteiger partial charge in [-0.25, -0.2) is 4.98 Å². The van der Waals surface area contributed by atoms with E-state index in [4.69, 9.17) is 17.3 Å². The Morgan fingerprint density at radius 3 is 2.79 bits per heavy atom. The van der Waals surface area contributed by atoms with E-state index in [-0.39, 0.29) is 5.69 Å². The third-order valence-corrected chi connectivity index (χ3v) is 3.66. The number of aromatic nitrogens is 1. The number of nitro groups is 1. The summed E-state index contributed by atoms with van der Waals surface area (Å²) < 4.78 is 0. The number of thioether (sulfide) groups is 1. The number of nitrogen functional groups attached to an aromatic ring is 1. The molecule has 2 N–H and O–H groups in total. The minimum atomic E-state index is -0.428. The fraction of sp³-hybridized carbons (Fsp3) is 0.0833. The van der Waals surface area contributed by atoms with Crippen molar-refractivity contribution in [1.29, 1.82) is 0 Å². The second-order valence-electron chi connectivity index (χ2n) is 3.74. The normalized spacial score (nSPS) is 10.4. The van der Waals surface area contributed by atoms with Gasteiger partial charge in [0.15, 0.2) is 0 Å². The minimum Gasteiger partial charge on any atom is -0.384 e. The van der Waals surface area contributed by atoms with E-state index in [1.54, 1.807) is 24.4 Å². The van der Waals surface area contributed by atoms with Gasteiger partial charge in [-0.05, 0) is 24.3 Å². The van der Waals surface area contributed by atoms with Gasteiger partial charge >= 0.3 is 0 Å². The Bertz CT molecular complexity index is 604. The molecule has 0 spiro atoms. The van der Waals surface area contributed by atoms with Gasteiger partial charge in [0.2, 0.25) is 0 Å². The second-order valence-corrected chi connectivity index (χ2v) is 5.22. The zero-order valence-corrected chi connectivity index (χ0v) is 11.3. The van der Waals surface area contributed by atoms with Gasteiger partial charge in [0.05, 0.1) is 4.92 Å². The second kappa shape index (κ2) is 5.90. The molecule has 98 valence electrons. The fourth-order valence-corrected chi connectivity index (χ4v) is 2.49. The number of nitrogens with two attached hydrogens (primary N) is 1. The molecule has 0 amide bonds. The van der Waals surface area contributed by atoms with Gasteiger partial charge in [0.25, 0.3) is 5.69 Å². The van der Waals surface area contributed by atoms with E-state index >= 15 is 0 Å². The molecular weight excluding hydrogens is 286 g/mol. The number of rotatable bonds is 4. The lowest BCUT2D eigenvalue weighted by Crippen LogP contribution is -1.94. The van der Waals surface area contributed by atoms with Crippen LogP contribution in [-0.4, -0.2) is 9.91 Å². The number of hydrogen-bond donors (Lipinski definition) is 1. The molecule has 19 heavy (non-hydrogen) atoms. The Morgan fingerprint density at radius 2 is 2.16 bits per heavy atom. The lowest BCUT2D eigenvalue weighted by Gasteiger charge is -2.04. The summed E-state index contributed by atoms with van der Waals surface area (Å²) in [5, 5.41) is 11.3. The summed E-state index contributed by atoms with van der Waals surface area (Å²) in [5.41, 5.74) is 6.14. The molecule has 0 fully saturated rings. The Hall–Kier alpha value is -1.79. The minimum absolute atomic E-state index is 0.0309. The molecule has 0 atom stereocenters. The lowest BCUT2D eigenvalue weighted by atomic mass is 10.2. The topological polar surface area (TPSA) is 82.0 Å². The Labute approximate surface area is 118 Å². The summed E-state index contributed by atoms with van der Waals surface area (Å²) in [6.07, 6.45) is 1.64. The van der Waals surface area contributed by atoms with Crippen LogP contribution in [-0.2, 0) is 5.75 Å². The smallest absolute Gasteiger partial charge is 0.274 e. The van der Waals surface area contributed by atoms with Gasteiger partial charge in [0, 0.05) is 33.5 Å². The van der Waals surface area contributed by atoms with Gasteiger partial charge in [-0.3, -0.25) is 10.1 Å². The first kappa shape index (κ1) is 13.6. The van der Waals surface area contributed by atoms with E-state index in [1.165, 1.54) is 17.8 Å². The quantitative estimate of drug-likeness (QED) is 0.530. The number of benzene rings is 1. The predicted octanol–water partition coefficient (Wildman–Crippen LogP) is 3.52. The van der Waals surface area contributed by atoms with E-state index in [0.29, 0.717) is 22.2 Å². The monoisotopic (exact) mass is 295 g/mol. The molecule has 0 unspecified atom stereocenters. The molecule has 0 aliphatic heterocycles. The van der Waals surface area contributed by atoms with Gasteiger partial charge in [-0.2, -0.15) is 0 Å². The van der Waals surface area contributed by atoms with E-state index in [1.807, 2.05) is 6.07 Å². The van der Waals surface area contributed by atoms with Crippen molar-refractivity contribution in [1.82, 2.24) is 4.98 Å². The van der Waals surface area contributed by atoms with Crippen molar-refractivity contribution >= 4 is 34.9 Å². The average molecular weight is 296 g/mol. The molecule has 5 nitrogen and oxygen atoms in total. The molecule has 1 aromatic heterocycles. The van der Waals surface area contributed by atoms with Crippen LogP contribution in [0, 0.1) is 10.1 Å². The van der Waals surface area contributed by atoms with Crippen LogP contribution < -0.4 is 5.73 Å². The molecule has 0 saturated carbocycles. The van der Waals surface area contributed by atoms with Crippen molar-refractivity contribution in [3.8, 4) is 0 Å². The van der Waals surface area contributed by atoms with Crippen molar-refractivity contribution in [2.24, 2.45) is 0 Å². The van der Waals surface area contributed by atoms with Gasteiger partial charge < -0.3 is 5.73 Å². The first-order valence-corrected chi connectivity index (χ1v) is 6.70. The predicted molar refractivity (Wildman–Crippen MR) is 76.3 cm³/mol. The van der Waals surface area contributed by atoms with E-state index in [9.17, 15) is 10.1 Å². The van der Waals surface area contributed by atoms with E-state index in [0.717, 1.165) is 4.90 Å². The zero-order valence-electron chi connectivity index (χ0n) is 9.75. The van der Waals surface area contributed by atoms with Crippen LogP contribution in [0.25, 0.3) is 0 Å². The molecule has 0 aliphatic carbocycles. The fourth-order valence-electron chi connectivity index (χ4n) is 1.47. The lowest BCUT2D eigenvalue weighted by molar-refractivity contribution is -0.385. The molecule has 2 aromatic rings. The van der Waals surface area contributed by atoms with Crippen LogP contribution in [0.15, 0.2) is 41.4 Å². The maximum absolute atomic E-state index is 10.9. The molecule has 0 saturated heterocycles. The highest BCUT2D eigenvalue weighted by Crippen LogP contribution is 2.29. The number of halogens is 1. The number of hydrogen-bond acceptors (Lipinski definition) is 5. The standard InChI is InChI=1S/C12H10ClN3O2S/c13-9-2-1-8(11(5-9)16(17)18)7-19-10-3-4-12(14)15-6-10/h1-6H,7H2,(H2,14,15). The van der Waals surface area contributed by atoms with Crippen molar-refractivity contribution < 1.29 is 4.92 Å². The van der Waals surface area contributed by atoms with Crippen molar-refractivity contribution in [2.45, 2.75) is 10.6 Å². The van der Waals surface area contributed by atoms with Crippen molar-refractivity contribution in [3.63, 3.8) is 0 Å². The SMILES string of the molecule is Nc1ccc(SCc2ccc(Cl)cc2[N+](=O)[O-])cn1. The van der Waals surface area contributed by atoms with E-state index in [2.05, 4.69) is 4.98 Å². The third kappa shape index (κ3) is 3.59. The number of pyridine rings is 1. The molecule has 2 rings (SSSR count). The van der Waals surface area contributed by atoms with Crippen LogP contribution in [0.3, 0.4) is 0 Å². The van der Waals surface area contributed by atoms with E-state index < -0.39 is 4.92 Å². The molecular formula is C12H10ClN3O2S. The Morgan fingerprint density at radius 1 is 1.37 bits per heavy atom. The summed E-state index contributed by atoms with van der Waals surface area (Å²) in [6, 6.07) is 8.19. The van der Waals surface area contributed by atoms with Crippen LogP contribution in [0.5, 0.6) is 0 Å². The summed E-state index contributed by atoms with van der Waals surface area (Å²) in [5.74, 6) is 0.917. The van der Waals surface area contributed by atoms with Crippen LogP contribution in [0.4, 0.5) is 11.5 Å². The Kier molecular flexibility index (Phi) is 4.24. The molecule has 0 bridgehead atoms. The molecule has 1 aromatic carbocycles. The molecule has 1 heterocycles. The summed E-state index contributed by atoms with van der Waals surface area (Å²) in [6.45, 7) is 0. The highest BCUT2D eigenvalue weighted by Gasteiger charge is 2.14. The third-order valence-electron chi connectivity index (χ3n) is 2.40. The maximum atomic E-state index is 10.9. The average Bonchev–Trinajstić information content (AvgIpc) is 2.39. The number of nitro benzene ring substituents is 1. The van der Waals surface area contributed by atoms with Crippen molar-refractivity contribution in [2.75, 3.05) is 5.73 Å². The summed E-state index contributed by atoms with van der Waals surface area (Å²) in [4.78, 5) is 15.4. The molecule has 0 aliphatic rings. The largest absolute Gasteiger partial charge is 0.384 e. The number of nitrogens with zero attached hydrogens (tertiary/aromatic N) is 2. The number of anilines is 1. The van der Waals surface area contributed by atoms with Crippen molar-refractivity contribution in [3.05, 3.63) is 57.2 Å².